The van der Waals surface area contributed by atoms with Crippen molar-refractivity contribution in [2.45, 2.75) is 26.9 Å². The van der Waals surface area contributed by atoms with Gasteiger partial charge >= 0.3 is 0 Å². The molecule has 1 unspecified atom stereocenters. The third kappa shape index (κ3) is 2.79. The lowest BCUT2D eigenvalue weighted by Gasteiger charge is -2.07. The van der Waals surface area contributed by atoms with Crippen molar-refractivity contribution in [3.05, 3.63) is 17.3 Å². The Bertz CT molecular complexity index is 297. The molecule has 0 aliphatic carbocycles. The number of aryl methyl sites for hydroxylation is 2. The molecule has 1 atom stereocenters. The monoisotopic (exact) mass is 210 g/mol. The first kappa shape index (κ1) is 10.6. The number of oxazole rings is 1. The van der Waals surface area contributed by atoms with E-state index in [-0.39, 0.29) is 0 Å². The average Bonchev–Trinajstić information content (AvgIpc) is 2.79. The molecule has 2 heterocycles. The SMILES string of the molecule is Cc1nc(COCC2CCNC2)oc1C. The van der Waals surface area contributed by atoms with E-state index in [0.717, 1.165) is 31.2 Å². The fourth-order valence-electron chi connectivity index (χ4n) is 1.77. The molecule has 4 heteroatoms. The molecule has 0 saturated carbocycles. The van der Waals surface area contributed by atoms with Crippen molar-refractivity contribution in [3.8, 4) is 0 Å². The Morgan fingerprint density at radius 3 is 3.00 bits per heavy atom. The van der Waals surface area contributed by atoms with E-state index in [1.165, 1.54) is 6.42 Å². The number of nitrogens with one attached hydrogen (secondary N) is 1. The van der Waals surface area contributed by atoms with E-state index in [1.54, 1.807) is 0 Å². The van der Waals surface area contributed by atoms with Crippen molar-refractivity contribution in [2.75, 3.05) is 19.7 Å². The summed E-state index contributed by atoms with van der Waals surface area (Å²) in [7, 11) is 0. The molecule has 84 valence electrons. The van der Waals surface area contributed by atoms with Crippen LogP contribution < -0.4 is 5.32 Å². The fraction of sp³-hybridized carbons (Fsp3) is 0.727. The summed E-state index contributed by atoms with van der Waals surface area (Å²) in [6, 6.07) is 0. The van der Waals surface area contributed by atoms with Gasteiger partial charge in [-0.05, 0) is 32.7 Å². The van der Waals surface area contributed by atoms with Gasteiger partial charge in [-0.2, -0.15) is 0 Å². The van der Waals surface area contributed by atoms with Crippen molar-refractivity contribution in [3.63, 3.8) is 0 Å². The summed E-state index contributed by atoms with van der Waals surface area (Å²) in [4.78, 5) is 4.27. The predicted octanol–water partition coefficient (Wildman–Crippen LogP) is 1.42. The lowest BCUT2D eigenvalue weighted by Crippen LogP contribution is -2.13. The van der Waals surface area contributed by atoms with E-state index in [0.29, 0.717) is 18.4 Å². The summed E-state index contributed by atoms with van der Waals surface area (Å²) < 4.78 is 11.0. The first-order valence-electron chi connectivity index (χ1n) is 5.47. The minimum absolute atomic E-state index is 0.491. The van der Waals surface area contributed by atoms with Crippen LogP contribution >= 0.6 is 0 Å². The summed E-state index contributed by atoms with van der Waals surface area (Å²) in [6.45, 7) is 7.35. The highest BCUT2D eigenvalue weighted by atomic mass is 16.5. The molecule has 2 rings (SSSR count). The maximum absolute atomic E-state index is 5.58. The van der Waals surface area contributed by atoms with Crippen molar-refractivity contribution in [2.24, 2.45) is 5.92 Å². The molecular weight excluding hydrogens is 192 g/mol. The van der Waals surface area contributed by atoms with Crippen LogP contribution in [0.25, 0.3) is 0 Å². The molecule has 1 aliphatic heterocycles. The first-order chi connectivity index (χ1) is 7.25. The van der Waals surface area contributed by atoms with Crippen LogP contribution in [0.3, 0.4) is 0 Å². The predicted molar refractivity (Wildman–Crippen MR) is 56.6 cm³/mol. The van der Waals surface area contributed by atoms with Crippen LogP contribution in [0.1, 0.15) is 23.8 Å². The molecule has 1 saturated heterocycles. The minimum Gasteiger partial charge on any atom is -0.443 e. The minimum atomic E-state index is 0.491. The van der Waals surface area contributed by atoms with E-state index in [9.17, 15) is 0 Å². The summed E-state index contributed by atoms with van der Waals surface area (Å²) in [5, 5.41) is 3.32. The van der Waals surface area contributed by atoms with Crippen LogP contribution in [0.2, 0.25) is 0 Å². The highest BCUT2D eigenvalue weighted by Crippen LogP contribution is 2.11. The summed E-state index contributed by atoms with van der Waals surface area (Å²) in [5.74, 6) is 2.23. The van der Waals surface area contributed by atoms with Crippen molar-refractivity contribution in [1.82, 2.24) is 10.3 Å². The molecule has 0 amide bonds. The lowest BCUT2D eigenvalue weighted by molar-refractivity contribution is 0.0769. The molecule has 0 bridgehead atoms. The number of hydrogen-bond donors (Lipinski definition) is 1. The zero-order chi connectivity index (χ0) is 10.7. The Hall–Kier alpha value is -0.870. The number of aromatic nitrogens is 1. The van der Waals surface area contributed by atoms with Crippen LogP contribution in [0.15, 0.2) is 4.42 Å². The molecule has 0 radical (unpaired) electrons. The summed E-state index contributed by atoms with van der Waals surface area (Å²) in [5.41, 5.74) is 0.955. The number of rotatable bonds is 4. The van der Waals surface area contributed by atoms with Gasteiger partial charge in [0.05, 0.1) is 12.3 Å². The number of ether oxygens (including phenoxy) is 1. The third-order valence-corrected chi connectivity index (χ3v) is 2.81. The second kappa shape index (κ2) is 4.77. The quantitative estimate of drug-likeness (QED) is 0.816. The zero-order valence-electron chi connectivity index (χ0n) is 9.38. The Labute approximate surface area is 90.0 Å². The first-order valence-corrected chi connectivity index (χ1v) is 5.47. The summed E-state index contributed by atoms with van der Waals surface area (Å²) in [6.07, 6.45) is 1.21. The molecule has 15 heavy (non-hydrogen) atoms. The van der Waals surface area contributed by atoms with E-state index >= 15 is 0 Å². The van der Waals surface area contributed by atoms with E-state index in [4.69, 9.17) is 9.15 Å². The lowest BCUT2D eigenvalue weighted by atomic mass is 10.1. The van der Waals surface area contributed by atoms with Crippen LogP contribution in [-0.2, 0) is 11.3 Å². The highest BCUT2D eigenvalue weighted by molar-refractivity contribution is 5.04. The average molecular weight is 210 g/mol. The van der Waals surface area contributed by atoms with Crippen LogP contribution in [0.5, 0.6) is 0 Å². The normalized spacial score (nSPS) is 21.1. The second-order valence-electron chi connectivity index (χ2n) is 4.12. The summed E-state index contributed by atoms with van der Waals surface area (Å²) >= 11 is 0. The van der Waals surface area contributed by atoms with Gasteiger partial charge in [0, 0.05) is 6.54 Å². The number of nitrogens with zero attached hydrogens (tertiary/aromatic N) is 1. The maximum Gasteiger partial charge on any atom is 0.220 e. The maximum atomic E-state index is 5.58. The number of hydrogen-bond acceptors (Lipinski definition) is 4. The standard InChI is InChI=1S/C11H18N2O2/c1-8-9(2)15-11(13-8)7-14-6-10-3-4-12-5-10/h10,12H,3-7H2,1-2H3. The smallest absolute Gasteiger partial charge is 0.220 e. The van der Waals surface area contributed by atoms with E-state index < -0.39 is 0 Å². The molecule has 1 fully saturated rings. The van der Waals surface area contributed by atoms with E-state index in [2.05, 4.69) is 10.3 Å². The van der Waals surface area contributed by atoms with Gasteiger partial charge in [0.15, 0.2) is 0 Å². The Morgan fingerprint density at radius 1 is 1.53 bits per heavy atom. The van der Waals surface area contributed by atoms with Crippen LogP contribution in [0.4, 0.5) is 0 Å². The van der Waals surface area contributed by atoms with Gasteiger partial charge in [0.2, 0.25) is 5.89 Å². The van der Waals surface area contributed by atoms with Gasteiger partial charge in [-0.25, -0.2) is 4.98 Å². The largest absolute Gasteiger partial charge is 0.443 e. The van der Waals surface area contributed by atoms with Gasteiger partial charge in [0.25, 0.3) is 0 Å². The van der Waals surface area contributed by atoms with Crippen LogP contribution in [0, 0.1) is 19.8 Å². The van der Waals surface area contributed by atoms with Crippen molar-refractivity contribution in [1.29, 1.82) is 0 Å². The molecule has 1 N–H and O–H groups in total. The Kier molecular flexibility index (Phi) is 3.38. The molecule has 4 nitrogen and oxygen atoms in total. The van der Waals surface area contributed by atoms with Gasteiger partial charge in [-0.3, -0.25) is 0 Å². The molecule has 1 aromatic rings. The van der Waals surface area contributed by atoms with Crippen molar-refractivity contribution >= 4 is 0 Å². The molecule has 1 aliphatic rings. The fourth-order valence-corrected chi connectivity index (χ4v) is 1.77. The van der Waals surface area contributed by atoms with Crippen molar-refractivity contribution < 1.29 is 9.15 Å². The molecule has 1 aromatic heterocycles. The molecule has 0 spiro atoms. The van der Waals surface area contributed by atoms with Crippen LogP contribution in [-0.4, -0.2) is 24.7 Å². The Balaban J connectivity index is 1.73. The molecular formula is C11H18N2O2. The molecule has 0 aromatic carbocycles. The third-order valence-electron chi connectivity index (χ3n) is 2.81. The van der Waals surface area contributed by atoms with Gasteiger partial charge in [-0.15, -0.1) is 0 Å². The highest BCUT2D eigenvalue weighted by Gasteiger charge is 2.14. The second-order valence-corrected chi connectivity index (χ2v) is 4.12. The zero-order valence-corrected chi connectivity index (χ0v) is 9.38. The van der Waals surface area contributed by atoms with E-state index in [1.807, 2.05) is 13.8 Å². The van der Waals surface area contributed by atoms with Gasteiger partial charge in [0.1, 0.15) is 12.4 Å². The van der Waals surface area contributed by atoms with Gasteiger partial charge < -0.3 is 14.5 Å². The topological polar surface area (TPSA) is 47.3 Å². The Morgan fingerprint density at radius 2 is 2.40 bits per heavy atom. The van der Waals surface area contributed by atoms with Gasteiger partial charge in [-0.1, -0.05) is 0 Å².